The predicted molar refractivity (Wildman–Crippen MR) is 78.2 cm³/mol. The summed E-state index contributed by atoms with van der Waals surface area (Å²) < 4.78 is 0.787. The van der Waals surface area contributed by atoms with Crippen molar-refractivity contribution < 1.29 is 9.90 Å². The lowest BCUT2D eigenvalue weighted by molar-refractivity contribution is 0.0925. The molecule has 1 aliphatic carbocycles. The number of phenols is 1. The highest BCUT2D eigenvalue weighted by Gasteiger charge is 2.22. The maximum absolute atomic E-state index is 12.1. The third-order valence-electron chi connectivity index (χ3n) is 3.20. The fourth-order valence-electron chi connectivity index (χ4n) is 2.15. The fraction of sp³-hybridized carbons (Fsp3) is 0.462. The summed E-state index contributed by atoms with van der Waals surface area (Å²) in [5.41, 5.74) is 0.324. The normalized spacial score (nSPS) is 23.7. The van der Waals surface area contributed by atoms with Gasteiger partial charge in [0.25, 0.3) is 5.91 Å². The molecule has 0 atom stereocenters. The molecule has 1 fully saturated rings. The number of halogens is 2. The molecular weight excluding hydrogens is 362 g/mol. The smallest absolute Gasteiger partial charge is 0.255 e. The molecule has 0 heterocycles. The first kappa shape index (κ1) is 13.9. The third-order valence-corrected chi connectivity index (χ3v) is 4.60. The summed E-state index contributed by atoms with van der Waals surface area (Å²) in [5, 5.41) is 12.7. The molecule has 3 nitrogen and oxygen atoms in total. The van der Waals surface area contributed by atoms with E-state index in [9.17, 15) is 9.90 Å². The summed E-state index contributed by atoms with van der Waals surface area (Å²) in [6.07, 6.45) is 4.12. The Balaban J connectivity index is 2.01. The molecule has 1 aromatic carbocycles. The number of nitrogens with one attached hydrogen (secondary N) is 1. The number of aromatic hydroxyl groups is 1. The first-order valence-corrected chi connectivity index (χ1v) is 7.70. The lowest BCUT2D eigenvalue weighted by Gasteiger charge is -2.26. The molecule has 0 bridgehead atoms. The second-order valence-electron chi connectivity index (χ2n) is 4.58. The Morgan fingerprint density at radius 3 is 2.61 bits per heavy atom. The van der Waals surface area contributed by atoms with Crippen LogP contribution in [0.5, 0.6) is 5.75 Å². The second kappa shape index (κ2) is 6.06. The Morgan fingerprint density at radius 2 is 1.94 bits per heavy atom. The van der Waals surface area contributed by atoms with E-state index >= 15 is 0 Å². The van der Waals surface area contributed by atoms with E-state index in [0.717, 1.165) is 30.2 Å². The number of carbonyl (C=O) groups excluding carboxylic acids is 1. The molecule has 0 aliphatic heterocycles. The van der Waals surface area contributed by atoms with Crippen molar-refractivity contribution >= 4 is 37.8 Å². The van der Waals surface area contributed by atoms with Crippen molar-refractivity contribution in [3.05, 3.63) is 28.2 Å². The van der Waals surface area contributed by atoms with Crippen LogP contribution in [0.25, 0.3) is 0 Å². The zero-order valence-electron chi connectivity index (χ0n) is 9.83. The molecule has 0 aromatic heterocycles. The molecule has 0 unspecified atom stereocenters. The van der Waals surface area contributed by atoms with Gasteiger partial charge in [0.05, 0.1) is 5.56 Å². The third kappa shape index (κ3) is 3.48. The molecule has 0 saturated heterocycles. The van der Waals surface area contributed by atoms with Crippen LogP contribution in [0.1, 0.15) is 36.0 Å². The molecular formula is C13H15Br2NO2. The van der Waals surface area contributed by atoms with E-state index in [-0.39, 0.29) is 17.7 Å². The number of carbonyl (C=O) groups is 1. The summed E-state index contributed by atoms with van der Waals surface area (Å²) >= 11 is 6.89. The highest BCUT2D eigenvalue weighted by atomic mass is 79.9. The standard InChI is InChI=1S/C13H15Br2NO2/c14-8-1-4-10(5-2-8)16-13(18)11-7-9(15)3-6-12(11)17/h3,6-8,10,17H,1-2,4-5H2,(H,16,18). The van der Waals surface area contributed by atoms with Crippen LogP contribution in [0.2, 0.25) is 0 Å². The van der Waals surface area contributed by atoms with Gasteiger partial charge in [-0.05, 0) is 43.9 Å². The Labute approximate surface area is 123 Å². The lowest BCUT2D eigenvalue weighted by atomic mass is 9.95. The van der Waals surface area contributed by atoms with E-state index in [1.807, 2.05) is 0 Å². The highest BCUT2D eigenvalue weighted by Crippen LogP contribution is 2.26. The van der Waals surface area contributed by atoms with E-state index in [0.29, 0.717) is 10.4 Å². The summed E-state index contributed by atoms with van der Waals surface area (Å²) in [7, 11) is 0. The van der Waals surface area contributed by atoms with E-state index in [2.05, 4.69) is 37.2 Å². The van der Waals surface area contributed by atoms with Gasteiger partial charge in [-0.15, -0.1) is 0 Å². The Kier molecular flexibility index (Phi) is 4.67. The SMILES string of the molecule is O=C(NC1CCC(Br)CC1)c1cc(Br)ccc1O. The zero-order chi connectivity index (χ0) is 13.1. The monoisotopic (exact) mass is 375 g/mol. The van der Waals surface area contributed by atoms with Gasteiger partial charge >= 0.3 is 0 Å². The van der Waals surface area contributed by atoms with Crippen molar-refractivity contribution in [2.45, 2.75) is 36.6 Å². The number of rotatable bonds is 2. The molecule has 1 aliphatic rings. The largest absolute Gasteiger partial charge is 0.507 e. The molecule has 0 radical (unpaired) electrons. The maximum Gasteiger partial charge on any atom is 0.255 e. The molecule has 1 amide bonds. The fourth-order valence-corrected chi connectivity index (χ4v) is 3.04. The summed E-state index contributed by atoms with van der Waals surface area (Å²) in [6.45, 7) is 0. The summed E-state index contributed by atoms with van der Waals surface area (Å²) in [6, 6.07) is 5.09. The minimum Gasteiger partial charge on any atom is -0.507 e. The number of alkyl halides is 1. The topological polar surface area (TPSA) is 49.3 Å². The Bertz CT molecular complexity index is 443. The Hall–Kier alpha value is -0.550. The van der Waals surface area contributed by atoms with Gasteiger partial charge in [0.15, 0.2) is 0 Å². The van der Waals surface area contributed by atoms with Crippen LogP contribution < -0.4 is 5.32 Å². The van der Waals surface area contributed by atoms with Gasteiger partial charge in [-0.1, -0.05) is 31.9 Å². The first-order chi connectivity index (χ1) is 8.56. The van der Waals surface area contributed by atoms with Crippen LogP contribution >= 0.6 is 31.9 Å². The van der Waals surface area contributed by atoms with E-state index in [1.165, 1.54) is 6.07 Å². The van der Waals surface area contributed by atoms with Gasteiger partial charge < -0.3 is 10.4 Å². The lowest BCUT2D eigenvalue weighted by Crippen LogP contribution is -2.37. The van der Waals surface area contributed by atoms with Crippen LogP contribution in [-0.2, 0) is 0 Å². The van der Waals surface area contributed by atoms with Crippen molar-refractivity contribution in [2.24, 2.45) is 0 Å². The molecule has 1 saturated carbocycles. The number of hydrogen-bond acceptors (Lipinski definition) is 2. The second-order valence-corrected chi connectivity index (χ2v) is 6.79. The van der Waals surface area contributed by atoms with E-state index in [4.69, 9.17) is 0 Å². The average molecular weight is 377 g/mol. The molecule has 0 spiro atoms. The minimum atomic E-state index is -0.202. The molecule has 18 heavy (non-hydrogen) atoms. The van der Waals surface area contributed by atoms with Gasteiger partial charge in [0, 0.05) is 15.3 Å². The van der Waals surface area contributed by atoms with Crippen LogP contribution in [0, 0.1) is 0 Å². The molecule has 5 heteroatoms. The van der Waals surface area contributed by atoms with Crippen LogP contribution in [0.4, 0.5) is 0 Å². The number of benzene rings is 1. The van der Waals surface area contributed by atoms with Gasteiger partial charge in [-0.3, -0.25) is 4.79 Å². The number of hydrogen-bond donors (Lipinski definition) is 2. The molecule has 2 N–H and O–H groups in total. The van der Waals surface area contributed by atoms with E-state index in [1.54, 1.807) is 12.1 Å². The predicted octanol–water partition coefficient (Wildman–Crippen LogP) is 3.59. The van der Waals surface area contributed by atoms with Crippen LogP contribution in [0.3, 0.4) is 0 Å². The van der Waals surface area contributed by atoms with Crippen molar-refractivity contribution in [2.75, 3.05) is 0 Å². The van der Waals surface area contributed by atoms with Gasteiger partial charge in [-0.2, -0.15) is 0 Å². The van der Waals surface area contributed by atoms with Crippen LogP contribution in [0.15, 0.2) is 22.7 Å². The molecule has 1 aromatic rings. The number of amides is 1. The highest BCUT2D eigenvalue weighted by molar-refractivity contribution is 9.10. The van der Waals surface area contributed by atoms with Crippen LogP contribution in [-0.4, -0.2) is 21.9 Å². The summed E-state index contributed by atoms with van der Waals surface area (Å²) in [4.78, 5) is 12.6. The minimum absolute atomic E-state index is 0.0184. The molecule has 98 valence electrons. The van der Waals surface area contributed by atoms with Gasteiger partial charge in [-0.25, -0.2) is 0 Å². The van der Waals surface area contributed by atoms with Gasteiger partial charge in [0.1, 0.15) is 5.75 Å². The maximum atomic E-state index is 12.1. The summed E-state index contributed by atoms with van der Waals surface area (Å²) in [5.74, 6) is -0.184. The van der Waals surface area contributed by atoms with Crippen molar-refractivity contribution in [3.8, 4) is 5.75 Å². The average Bonchev–Trinajstić information content (AvgIpc) is 2.35. The number of phenolic OH excluding ortho intramolecular Hbond substituents is 1. The quantitative estimate of drug-likeness (QED) is 0.775. The molecule has 2 rings (SSSR count). The van der Waals surface area contributed by atoms with Crippen molar-refractivity contribution in [3.63, 3.8) is 0 Å². The van der Waals surface area contributed by atoms with E-state index < -0.39 is 0 Å². The van der Waals surface area contributed by atoms with Crippen molar-refractivity contribution in [1.29, 1.82) is 0 Å². The van der Waals surface area contributed by atoms with Gasteiger partial charge in [0.2, 0.25) is 0 Å². The van der Waals surface area contributed by atoms with Crippen molar-refractivity contribution in [1.82, 2.24) is 5.32 Å². The zero-order valence-corrected chi connectivity index (χ0v) is 13.0. The first-order valence-electron chi connectivity index (χ1n) is 5.99. The Morgan fingerprint density at radius 1 is 1.28 bits per heavy atom.